The fraction of sp³-hybridized carbons (Fsp3) is 0.182. The van der Waals surface area contributed by atoms with E-state index in [2.05, 4.69) is 10.2 Å². The van der Waals surface area contributed by atoms with Crippen LogP contribution in [0.15, 0.2) is 53.6 Å². The third kappa shape index (κ3) is 3.39. The molecular weight excluding hydrogens is 438 g/mol. The molecule has 0 aliphatic rings. The maximum atomic E-state index is 14.1. The van der Waals surface area contributed by atoms with Crippen molar-refractivity contribution in [2.45, 2.75) is 13.0 Å². The number of aryl methyl sites for hydroxylation is 2. The number of nitrogens with two attached hydrogens (primary N) is 1. The van der Waals surface area contributed by atoms with Gasteiger partial charge in [-0.2, -0.15) is 5.10 Å². The van der Waals surface area contributed by atoms with Crippen LogP contribution in [0.25, 0.3) is 38.9 Å². The van der Waals surface area contributed by atoms with Gasteiger partial charge in [0, 0.05) is 47.8 Å². The van der Waals surface area contributed by atoms with Crippen molar-refractivity contribution in [1.82, 2.24) is 23.9 Å². The number of halogens is 3. The maximum Gasteiger partial charge on any atom is 0.348 e. The molecule has 0 fully saturated rings. The fourth-order valence-electron chi connectivity index (χ4n) is 4.12. The molecule has 2 aromatic carbocycles. The smallest absolute Gasteiger partial charge is 0.348 e. The van der Waals surface area contributed by atoms with E-state index in [0.717, 1.165) is 17.5 Å². The zero-order chi connectivity index (χ0) is 21.7. The number of aromatic amines is 1. The maximum absolute atomic E-state index is 14.1. The molecule has 3 heterocycles. The first-order valence-electron chi connectivity index (χ1n) is 9.89. The molecule has 5 aromatic rings. The Balaban J connectivity index is 0.00000245. The molecule has 0 aliphatic carbocycles. The van der Waals surface area contributed by atoms with Crippen LogP contribution < -0.4 is 11.4 Å². The highest BCUT2D eigenvalue weighted by Crippen LogP contribution is 2.33. The lowest BCUT2D eigenvalue weighted by molar-refractivity contribution is 0.628. The SMILES string of the molecule is Cl.Cn1cc(-n2c(-c3cn(CCCN)c4ccc(F)cc34)n[nH]c2=O)c2cc(F)ccc21. The Morgan fingerprint density at radius 1 is 1.03 bits per heavy atom. The van der Waals surface area contributed by atoms with Gasteiger partial charge >= 0.3 is 5.69 Å². The summed E-state index contributed by atoms with van der Waals surface area (Å²) in [6.07, 6.45) is 4.34. The second-order valence-electron chi connectivity index (χ2n) is 7.51. The topological polar surface area (TPSA) is 86.6 Å². The third-order valence-corrected chi connectivity index (χ3v) is 5.53. The van der Waals surface area contributed by atoms with Crippen LogP contribution in [-0.2, 0) is 13.6 Å². The second-order valence-corrected chi connectivity index (χ2v) is 7.51. The number of aromatic nitrogens is 5. The van der Waals surface area contributed by atoms with E-state index >= 15 is 0 Å². The van der Waals surface area contributed by atoms with Crippen LogP contribution in [0.2, 0.25) is 0 Å². The van der Waals surface area contributed by atoms with Gasteiger partial charge in [-0.1, -0.05) is 0 Å². The number of H-pyrrole nitrogens is 1. The Labute approximate surface area is 187 Å². The Morgan fingerprint density at radius 2 is 1.72 bits per heavy atom. The predicted molar refractivity (Wildman–Crippen MR) is 122 cm³/mol. The highest BCUT2D eigenvalue weighted by atomic mass is 35.5. The minimum Gasteiger partial charge on any atom is -0.348 e. The number of hydrogen-bond acceptors (Lipinski definition) is 3. The van der Waals surface area contributed by atoms with Gasteiger partial charge in [0.1, 0.15) is 11.6 Å². The highest BCUT2D eigenvalue weighted by molar-refractivity contribution is 5.96. The summed E-state index contributed by atoms with van der Waals surface area (Å²) < 4.78 is 33.3. The summed E-state index contributed by atoms with van der Waals surface area (Å²) in [5, 5.41) is 7.92. The first-order chi connectivity index (χ1) is 15.0. The number of rotatable bonds is 5. The van der Waals surface area contributed by atoms with Crippen molar-refractivity contribution in [2.75, 3.05) is 6.54 Å². The van der Waals surface area contributed by atoms with E-state index in [0.29, 0.717) is 40.9 Å². The lowest BCUT2D eigenvalue weighted by Crippen LogP contribution is -2.15. The van der Waals surface area contributed by atoms with Crippen LogP contribution in [0, 0.1) is 11.6 Å². The normalized spacial score (nSPS) is 11.4. The molecule has 0 unspecified atom stereocenters. The van der Waals surface area contributed by atoms with E-state index in [1.165, 1.54) is 28.8 Å². The predicted octanol–water partition coefficient (Wildman–Crippen LogP) is 3.72. The van der Waals surface area contributed by atoms with Crippen molar-refractivity contribution < 1.29 is 8.78 Å². The van der Waals surface area contributed by atoms with Crippen molar-refractivity contribution in [3.63, 3.8) is 0 Å². The third-order valence-electron chi connectivity index (χ3n) is 5.53. The molecule has 7 nitrogen and oxygen atoms in total. The summed E-state index contributed by atoms with van der Waals surface area (Å²) in [5.74, 6) is -0.468. The molecule has 0 saturated heterocycles. The molecule has 166 valence electrons. The molecule has 3 aromatic heterocycles. The molecule has 0 aliphatic heterocycles. The number of nitrogens with zero attached hydrogens (tertiary/aromatic N) is 4. The van der Waals surface area contributed by atoms with Gasteiger partial charge in [0.2, 0.25) is 0 Å². The van der Waals surface area contributed by atoms with E-state index in [9.17, 15) is 13.6 Å². The zero-order valence-corrected chi connectivity index (χ0v) is 18.0. The molecule has 3 N–H and O–H groups in total. The van der Waals surface area contributed by atoms with Crippen LogP contribution in [0.5, 0.6) is 0 Å². The van der Waals surface area contributed by atoms with Crippen molar-refractivity contribution >= 4 is 34.2 Å². The van der Waals surface area contributed by atoms with Crippen LogP contribution in [-0.4, -0.2) is 30.4 Å². The largest absolute Gasteiger partial charge is 0.348 e. The highest BCUT2D eigenvalue weighted by Gasteiger charge is 2.21. The van der Waals surface area contributed by atoms with Crippen LogP contribution in [0.4, 0.5) is 8.78 Å². The Hall–Kier alpha value is -3.43. The lowest BCUT2D eigenvalue weighted by Gasteiger charge is -2.04. The second kappa shape index (κ2) is 8.25. The van der Waals surface area contributed by atoms with Gasteiger partial charge in [-0.3, -0.25) is 0 Å². The Kier molecular flexibility index (Phi) is 5.62. The monoisotopic (exact) mass is 458 g/mol. The van der Waals surface area contributed by atoms with Crippen molar-refractivity contribution in [3.8, 4) is 17.1 Å². The minimum absolute atomic E-state index is 0. The molecule has 0 amide bonds. The van der Waals surface area contributed by atoms with Gasteiger partial charge in [-0.15, -0.1) is 12.4 Å². The summed E-state index contributed by atoms with van der Waals surface area (Å²) in [5.41, 5.74) is 7.87. The summed E-state index contributed by atoms with van der Waals surface area (Å²) in [6.45, 7) is 1.16. The molecule has 0 spiro atoms. The molecular formula is C22H21ClF2N6O. The van der Waals surface area contributed by atoms with Gasteiger partial charge in [0.05, 0.1) is 11.2 Å². The lowest BCUT2D eigenvalue weighted by atomic mass is 10.1. The Morgan fingerprint density at radius 3 is 2.44 bits per heavy atom. The molecule has 0 radical (unpaired) electrons. The molecule has 10 heteroatoms. The summed E-state index contributed by atoms with van der Waals surface area (Å²) >= 11 is 0. The first kappa shape index (κ1) is 21.8. The van der Waals surface area contributed by atoms with E-state index in [1.807, 2.05) is 22.4 Å². The van der Waals surface area contributed by atoms with E-state index in [4.69, 9.17) is 5.73 Å². The van der Waals surface area contributed by atoms with Gasteiger partial charge < -0.3 is 14.9 Å². The van der Waals surface area contributed by atoms with Crippen molar-refractivity contribution in [1.29, 1.82) is 0 Å². The average Bonchev–Trinajstić information content (AvgIpc) is 3.39. The minimum atomic E-state index is -0.467. The first-order valence-corrected chi connectivity index (χ1v) is 9.89. The van der Waals surface area contributed by atoms with E-state index in [-0.39, 0.29) is 18.2 Å². The quantitative estimate of drug-likeness (QED) is 0.421. The Bertz CT molecular complexity index is 1500. The summed E-state index contributed by atoms with van der Waals surface area (Å²) in [7, 11) is 1.82. The van der Waals surface area contributed by atoms with Gasteiger partial charge in [0.25, 0.3) is 0 Å². The van der Waals surface area contributed by atoms with Crippen LogP contribution in [0.1, 0.15) is 6.42 Å². The van der Waals surface area contributed by atoms with Gasteiger partial charge in [-0.25, -0.2) is 23.2 Å². The van der Waals surface area contributed by atoms with Crippen LogP contribution >= 0.6 is 12.4 Å². The van der Waals surface area contributed by atoms with Gasteiger partial charge in [0.15, 0.2) is 5.82 Å². The summed E-state index contributed by atoms with van der Waals surface area (Å²) in [4.78, 5) is 12.8. The molecule has 0 bridgehead atoms. The average molecular weight is 459 g/mol. The fourth-order valence-corrected chi connectivity index (χ4v) is 4.12. The van der Waals surface area contributed by atoms with Crippen LogP contribution in [0.3, 0.4) is 0 Å². The zero-order valence-electron chi connectivity index (χ0n) is 17.2. The summed E-state index contributed by atoms with van der Waals surface area (Å²) in [6, 6.07) is 8.95. The standard InChI is InChI=1S/C22H20F2N6O.ClH/c1-28-12-20(16-10-14(24)3-5-18(16)28)30-21(26-27-22(30)31)17-11-29(8-2-7-25)19-6-4-13(23)9-15(17)19;/h3-6,9-12H,2,7-8,25H2,1H3,(H,27,31);1H. The van der Waals surface area contributed by atoms with E-state index < -0.39 is 11.5 Å². The number of benzene rings is 2. The van der Waals surface area contributed by atoms with Gasteiger partial charge in [-0.05, 0) is 49.4 Å². The molecule has 0 atom stereocenters. The molecule has 32 heavy (non-hydrogen) atoms. The number of fused-ring (bicyclic) bond motifs is 2. The molecule has 5 rings (SSSR count). The van der Waals surface area contributed by atoms with Crippen molar-refractivity contribution in [3.05, 3.63) is 70.9 Å². The number of hydrogen-bond donors (Lipinski definition) is 2. The molecule has 0 saturated carbocycles. The number of nitrogens with one attached hydrogen (secondary N) is 1. The van der Waals surface area contributed by atoms with E-state index in [1.54, 1.807) is 18.3 Å². The van der Waals surface area contributed by atoms with Crippen molar-refractivity contribution in [2.24, 2.45) is 12.8 Å².